The Hall–Kier alpha value is -4.02. The molecule has 0 radical (unpaired) electrons. The molecule has 0 aliphatic rings. The van der Waals surface area contributed by atoms with Crippen molar-refractivity contribution in [1.29, 1.82) is 0 Å². The molecule has 0 unspecified atom stereocenters. The monoisotopic (exact) mass is 547 g/mol. The summed E-state index contributed by atoms with van der Waals surface area (Å²) in [6.45, 7) is 14.4. The van der Waals surface area contributed by atoms with E-state index in [0.717, 1.165) is 27.9 Å². The predicted molar refractivity (Wildman–Crippen MR) is 153 cm³/mol. The fourth-order valence-corrected chi connectivity index (χ4v) is 5.54. The van der Waals surface area contributed by atoms with Gasteiger partial charge in [-0.1, -0.05) is 54.2 Å². The third-order valence-corrected chi connectivity index (χ3v) is 7.80. The maximum absolute atomic E-state index is 13.5. The SMILES string of the molecule is C=Cc1c(C)nc(C)nc1NCc1ccc(-c2ccccc2S(=O)(=O)Nc2noc(C)c2C)c(COCC)c1. The molecule has 0 atom stereocenters. The van der Waals surface area contributed by atoms with Crippen molar-refractivity contribution in [3.8, 4) is 11.1 Å². The number of hydrogen-bond acceptors (Lipinski definition) is 8. The number of aromatic nitrogens is 3. The summed E-state index contributed by atoms with van der Waals surface area (Å²) in [4.78, 5) is 9.08. The van der Waals surface area contributed by atoms with Gasteiger partial charge in [0.15, 0.2) is 5.82 Å². The summed E-state index contributed by atoms with van der Waals surface area (Å²) in [5.41, 5.74) is 5.54. The maximum Gasteiger partial charge on any atom is 0.263 e. The highest BCUT2D eigenvalue weighted by molar-refractivity contribution is 7.92. The average Bonchev–Trinajstić information content (AvgIpc) is 3.22. The van der Waals surface area contributed by atoms with E-state index in [1.54, 1.807) is 38.1 Å². The first kappa shape index (κ1) is 28.0. The maximum atomic E-state index is 13.5. The van der Waals surface area contributed by atoms with Crippen LogP contribution >= 0.6 is 0 Å². The summed E-state index contributed by atoms with van der Waals surface area (Å²) >= 11 is 0. The molecule has 0 amide bonds. The van der Waals surface area contributed by atoms with Crippen molar-refractivity contribution in [3.63, 3.8) is 0 Å². The summed E-state index contributed by atoms with van der Waals surface area (Å²) in [6.07, 6.45) is 1.74. The van der Waals surface area contributed by atoms with E-state index in [-0.39, 0.29) is 10.7 Å². The number of ether oxygens (including phenoxy) is 1. The Bertz CT molecular complexity index is 1610. The van der Waals surface area contributed by atoms with Crippen molar-refractivity contribution in [1.82, 2.24) is 15.1 Å². The van der Waals surface area contributed by atoms with Crippen LogP contribution in [0.1, 0.15) is 46.5 Å². The molecule has 9 nitrogen and oxygen atoms in total. The highest BCUT2D eigenvalue weighted by Crippen LogP contribution is 2.33. The number of anilines is 2. The fourth-order valence-electron chi connectivity index (χ4n) is 4.26. The third-order valence-electron chi connectivity index (χ3n) is 6.40. The topological polar surface area (TPSA) is 119 Å². The Morgan fingerprint density at radius 3 is 2.49 bits per heavy atom. The molecule has 10 heteroatoms. The Labute approximate surface area is 229 Å². The van der Waals surface area contributed by atoms with Crippen LogP contribution in [0.5, 0.6) is 0 Å². The van der Waals surface area contributed by atoms with Gasteiger partial charge < -0.3 is 14.6 Å². The first-order valence-electron chi connectivity index (χ1n) is 12.6. The van der Waals surface area contributed by atoms with Gasteiger partial charge >= 0.3 is 0 Å². The molecule has 39 heavy (non-hydrogen) atoms. The molecule has 2 N–H and O–H groups in total. The minimum Gasteiger partial charge on any atom is -0.377 e. The van der Waals surface area contributed by atoms with Crippen LogP contribution in [0, 0.1) is 27.7 Å². The molecule has 2 aromatic heterocycles. The number of nitrogens with zero attached hydrogens (tertiary/aromatic N) is 3. The summed E-state index contributed by atoms with van der Waals surface area (Å²) in [6, 6.07) is 12.8. The molecule has 0 saturated heterocycles. The molecular formula is C29H33N5O4S. The van der Waals surface area contributed by atoms with E-state index in [9.17, 15) is 8.42 Å². The van der Waals surface area contributed by atoms with E-state index in [0.29, 0.717) is 48.3 Å². The zero-order chi connectivity index (χ0) is 28.2. The van der Waals surface area contributed by atoms with Crippen LogP contribution in [-0.4, -0.2) is 30.1 Å². The van der Waals surface area contributed by atoms with Crippen molar-refractivity contribution in [2.24, 2.45) is 0 Å². The Morgan fingerprint density at radius 1 is 1.03 bits per heavy atom. The normalized spacial score (nSPS) is 11.4. The van der Waals surface area contributed by atoms with Crippen LogP contribution in [0.3, 0.4) is 0 Å². The molecule has 0 spiro atoms. The lowest BCUT2D eigenvalue weighted by molar-refractivity contribution is 0.134. The van der Waals surface area contributed by atoms with Gasteiger partial charge in [0.25, 0.3) is 10.0 Å². The number of benzene rings is 2. The molecule has 0 aliphatic heterocycles. The predicted octanol–water partition coefficient (Wildman–Crippen LogP) is 5.96. The van der Waals surface area contributed by atoms with Gasteiger partial charge in [-0.3, -0.25) is 4.72 Å². The van der Waals surface area contributed by atoms with E-state index in [1.165, 1.54) is 0 Å². The fraction of sp³-hybridized carbons (Fsp3) is 0.276. The lowest BCUT2D eigenvalue weighted by Gasteiger charge is -2.17. The van der Waals surface area contributed by atoms with Gasteiger partial charge in [-0.05, 0) is 57.4 Å². The van der Waals surface area contributed by atoms with Crippen molar-refractivity contribution in [3.05, 3.63) is 88.6 Å². The minimum absolute atomic E-state index is 0.135. The Balaban J connectivity index is 1.69. The number of rotatable bonds is 11. The van der Waals surface area contributed by atoms with Crippen molar-refractivity contribution in [2.45, 2.75) is 52.7 Å². The number of nitrogens with one attached hydrogen (secondary N) is 2. The van der Waals surface area contributed by atoms with Gasteiger partial charge in [0.05, 0.1) is 17.2 Å². The second-order valence-electron chi connectivity index (χ2n) is 9.12. The molecular weight excluding hydrogens is 514 g/mol. The summed E-state index contributed by atoms with van der Waals surface area (Å²) in [5, 5.41) is 7.25. The van der Waals surface area contributed by atoms with E-state index in [4.69, 9.17) is 9.26 Å². The molecule has 0 saturated carbocycles. The second kappa shape index (κ2) is 11.8. The van der Waals surface area contributed by atoms with E-state index in [1.807, 2.05) is 45.0 Å². The van der Waals surface area contributed by atoms with Crippen LogP contribution in [-0.2, 0) is 27.9 Å². The van der Waals surface area contributed by atoms with Crippen LogP contribution in [0.15, 0.2) is 58.5 Å². The molecule has 0 fully saturated rings. The lowest BCUT2D eigenvalue weighted by atomic mass is 9.97. The molecule has 204 valence electrons. The number of aryl methyl sites for hydroxylation is 3. The second-order valence-corrected chi connectivity index (χ2v) is 10.8. The van der Waals surface area contributed by atoms with E-state index >= 15 is 0 Å². The Morgan fingerprint density at radius 2 is 1.79 bits per heavy atom. The quantitative estimate of drug-likeness (QED) is 0.236. The van der Waals surface area contributed by atoms with E-state index in [2.05, 4.69) is 31.7 Å². The summed E-state index contributed by atoms with van der Waals surface area (Å²) in [5.74, 6) is 2.12. The molecule has 0 aliphatic carbocycles. The zero-order valence-corrected chi connectivity index (χ0v) is 23.6. The van der Waals surface area contributed by atoms with Crippen molar-refractivity contribution < 1.29 is 17.7 Å². The van der Waals surface area contributed by atoms with Gasteiger partial charge in [-0.2, -0.15) is 0 Å². The van der Waals surface area contributed by atoms with Crippen LogP contribution in [0.25, 0.3) is 17.2 Å². The summed E-state index contributed by atoms with van der Waals surface area (Å²) < 4.78 is 40.4. The highest BCUT2D eigenvalue weighted by Gasteiger charge is 2.23. The average molecular weight is 548 g/mol. The van der Waals surface area contributed by atoms with E-state index < -0.39 is 10.0 Å². The van der Waals surface area contributed by atoms with Gasteiger partial charge in [0.1, 0.15) is 17.4 Å². The number of sulfonamides is 1. The lowest BCUT2D eigenvalue weighted by Crippen LogP contribution is -2.15. The van der Waals surface area contributed by atoms with Crippen LogP contribution in [0.2, 0.25) is 0 Å². The van der Waals surface area contributed by atoms with Crippen LogP contribution in [0.4, 0.5) is 11.6 Å². The zero-order valence-electron chi connectivity index (χ0n) is 22.8. The highest BCUT2D eigenvalue weighted by atomic mass is 32.2. The molecule has 2 aromatic carbocycles. The van der Waals surface area contributed by atoms with Crippen LogP contribution < -0.4 is 10.0 Å². The first-order chi connectivity index (χ1) is 18.6. The smallest absolute Gasteiger partial charge is 0.263 e. The van der Waals surface area contributed by atoms with Gasteiger partial charge in [0.2, 0.25) is 0 Å². The van der Waals surface area contributed by atoms with Crippen molar-refractivity contribution >= 4 is 27.7 Å². The largest absolute Gasteiger partial charge is 0.377 e. The Kier molecular flexibility index (Phi) is 8.47. The van der Waals surface area contributed by atoms with Gasteiger partial charge in [0, 0.05) is 29.8 Å². The first-order valence-corrected chi connectivity index (χ1v) is 14.1. The molecule has 4 rings (SSSR count). The minimum atomic E-state index is -3.96. The molecule has 2 heterocycles. The third kappa shape index (κ3) is 6.18. The molecule has 0 bridgehead atoms. The van der Waals surface area contributed by atoms with Crippen molar-refractivity contribution in [2.75, 3.05) is 16.6 Å². The molecule has 4 aromatic rings. The number of hydrogen-bond donors (Lipinski definition) is 2. The summed E-state index contributed by atoms with van der Waals surface area (Å²) in [7, 11) is -3.96. The van der Waals surface area contributed by atoms with Gasteiger partial charge in [-0.25, -0.2) is 18.4 Å². The van der Waals surface area contributed by atoms with Gasteiger partial charge in [-0.15, -0.1) is 0 Å². The standard InChI is InChI=1S/C29H33N5O4S/c1-7-24-19(4)31-21(6)32-29(24)30-16-22-13-14-25(23(15-22)17-37-8-2)26-11-9-10-12-27(26)39(35,36)34-28-18(3)20(5)38-33-28/h7,9-15H,1,8,16-17H2,2-6H3,(H,33,34)(H,30,31,32).